The maximum Gasteiger partial charge on any atom is 0.176 e. The summed E-state index contributed by atoms with van der Waals surface area (Å²) in [5, 5.41) is 10.3. The Morgan fingerprint density at radius 2 is 2.13 bits per heavy atom. The molecule has 0 aromatic heterocycles. The van der Waals surface area contributed by atoms with E-state index >= 15 is 0 Å². The molecule has 2 atom stereocenters. The Bertz CT molecular complexity index is 527. The van der Waals surface area contributed by atoms with Crippen LogP contribution in [0.5, 0.6) is 11.5 Å². The molecule has 0 aliphatic carbocycles. The third-order valence-corrected chi connectivity index (χ3v) is 4.86. The average Bonchev–Trinajstić information content (AvgIpc) is 2.54. The van der Waals surface area contributed by atoms with Gasteiger partial charge in [0.05, 0.1) is 11.6 Å². The zero-order valence-electron chi connectivity index (χ0n) is 14.3. The molecule has 1 saturated heterocycles. The van der Waals surface area contributed by atoms with Gasteiger partial charge in [-0.1, -0.05) is 18.5 Å². The molecular weight excluding hydrogens is 314 g/mol. The maximum absolute atomic E-state index is 10.0. The Kier molecular flexibility index (Phi) is 6.53. The van der Waals surface area contributed by atoms with Crippen molar-refractivity contribution in [1.82, 2.24) is 9.80 Å². The standard InChI is InChI=1S/C17H28ClN3O2/c1-4-20-6-7-21(12(3)11-20)15(10-19)13-8-14(18)17(22)16(9-13)23-5-2/h8-9,12,15,22H,4-7,10-11,19H2,1-3H3. The molecule has 6 heteroatoms. The van der Waals surface area contributed by atoms with E-state index in [1.54, 1.807) is 6.07 Å². The van der Waals surface area contributed by atoms with Crippen molar-refractivity contribution >= 4 is 11.6 Å². The Morgan fingerprint density at radius 3 is 2.70 bits per heavy atom. The van der Waals surface area contributed by atoms with E-state index in [2.05, 4.69) is 23.6 Å². The fraction of sp³-hybridized carbons (Fsp3) is 0.647. The normalized spacial score (nSPS) is 21.3. The monoisotopic (exact) mass is 341 g/mol. The highest BCUT2D eigenvalue weighted by Gasteiger charge is 2.30. The molecule has 1 heterocycles. The highest BCUT2D eigenvalue weighted by atomic mass is 35.5. The van der Waals surface area contributed by atoms with Crippen LogP contribution in [0.15, 0.2) is 12.1 Å². The second kappa shape index (κ2) is 8.20. The van der Waals surface area contributed by atoms with Crippen molar-refractivity contribution in [1.29, 1.82) is 0 Å². The van der Waals surface area contributed by atoms with E-state index in [9.17, 15) is 5.11 Å². The second-order valence-corrected chi connectivity index (χ2v) is 6.42. The Balaban J connectivity index is 2.27. The van der Waals surface area contributed by atoms with Crippen LogP contribution in [0.4, 0.5) is 0 Å². The third-order valence-electron chi connectivity index (χ3n) is 4.57. The van der Waals surface area contributed by atoms with Crippen molar-refractivity contribution in [3.05, 3.63) is 22.7 Å². The predicted molar refractivity (Wildman–Crippen MR) is 94.4 cm³/mol. The Hall–Kier alpha value is -1.01. The van der Waals surface area contributed by atoms with Crippen LogP contribution in [0.25, 0.3) is 0 Å². The van der Waals surface area contributed by atoms with Gasteiger partial charge in [0.15, 0.2) is 11.5 Å². The first-order valence-electron chi connectivity index (χ1n) is 8.35. The van der Waals surface area contributed by atoms with Crippen molar-refractivity contribution in [3.8, 4) is 11.5 Å². The quantitative estimate of drug-likeness (QED) is 0.832. The first-order chi connectivity index (χ1) is 11.0. The highest BCUT2D eigenvalue weighted by Crippen LogP contribution is 2.38. The molecule has 0 bridgehead atoms. The minimum Gasteiger partial charge on any atom is -0.503 e. The van der Waals surface area contributed by atoms with Crippen molar-refractivity contribution in [2.24, 2.45) is 5.73 Å². The lowest BCUT2D eigenvalue weighted by Crippen LogP contribution is -2.53. The molecule has 0 amide bonds. The summed E-state index contributed by atoms with van der Waals surface area (Å²) in [5.41, 5.74) is 7.07. The zero-order chi connectivity index (χ0) is 17.0. The highest BCUT2D eigenvalue weighted by molar-refractivity contribution is 6.32. The van der Waals surface area contributed by atoms with Gasteiger partial charge in [-0.25, -0.2) is 0 Å². The van der Waals surface area contributed by atoms with Crippen molar-refractivity contribution < 1.29 is 9.84 Å². The number of nitrogens with two attached hydrogens (primary N) is 1. The Morgan fingerprint density at radius 1 is 1.39 bits per heavy atom. The number of piperazine rings is 1. The second-order valence-electron chi connectivity index (χ2n) is 6.01. The molecule has 2 rings (SSSR count). The van der Waals surface area contributed by atoms with Gasteiger partial charge >= 0.3 is 0 Å². The third kappa shape index (κ3) is 4.10. The fourth-order valence-corrected chi connectivity index (χ4v) is 3.53. The van der Waals surface area contributed by atoms with E-state index < -0.39 is 0 Å². The predicted octanol–water partition coefficient (Wildman–Crippen LogP) is 2.47. The fourth-order valence-electron chi connectivity index (χ4n) is 3.31. The molecule has 1 aliphatic heterocycles. The van der Waals surface area contributed by atoms with Gasteiger partial charge in [-0.05, 0) is 38.1 Å². The number of phenols is 1. The molecule has 5 nitrogen and oxygen atoms in total. The zero-order valence-corrected chi connectivity index (χ0v) is 15.0. The molecule has 1 aromatic rings. The molecule has 1 fully saturated rings. The number of aromatic hydroxyl groups is 1. The molecule has 3 N–H and O–H groups in total. The van der Waals surface area contributed by atoms with Gasteiger partial charge in [0.2, 0.25) is 0 Å². The number of phenolic OH excluding ortho intramolecular Hbond substituents is 1. The number of likely N-dealkylation sites (N-methyl/N-ethyl adjacent to an activating group) is 1. The summed E-state index contributed by atoms with van der Waals surface area (Å²) in [5.74, 6) is 0.421. The van der Waals surface area contributed by atoms with Crippen LogP contribution < -0.4 is 10.5 Å². The molecular formula is C17H28ClN3O2. The van der Waals surface area contributed by atoms with Crippen LogP contribution in [-0.2, 0) is 0 Å². The summed E-state index contributed by atoms with van der Waals surface area (Å²) in [6, 6.07) is 4.15. The summed E-state index contributed by atoms with van der Waals surface area (Å²) in [4.78, 5) is 4.87. The molecule has 0 spiro atoms. The molecule has 0 radical (unpaired) electrons. The van der Waals surface area contributed by atoms with Crippen molar-refractivity contribution in [2.75, 3.05) is 39.3 Å². The lowest BCUT2D eigenvalue weighted by Gasteiger charge is -2.43. The van der Waals surface area contributed by atoms with Gasteiger partial charge in [0.1, 0.15) is 0 Å². The van der Waals surface area contributed by atoms with Crippen LogP contribution in [0.3, 0.4) is 0 Å². The van der Waals surface area contributed by atoms with Crippen LogP contribution in [0.2, 0.25) is 5.02 Å². The van der Waals surface area contributed by atoms with E-state index in [4.69, 9.17) is 22.1 Å². The van der Waals surface area contributed by atoms with E-state index in [-0.39, 0.29) is 11.8 Å². The summed E-state index contributed by atoms with van der Waals surface area (Å²) < 4.78 is 5.50. The van der Waals surface area contributed by atoms with Gasteiger partial charge in [-0.2, -0.15) is 0 Å². The minimum atomic E-state index is -0.00288. The molecule has 1 aromatic carbocycles. The van der Waals surface area contributed by atoms with E-state index in [0.717, 1.165) is 31.7 Å². The number of nitrogens with zero attached hydrogens (tertiary/aromatic N) is 2. The first kappa shape index (κ1) is 18.3. The van der Waals surface area contributed by atoms with E-state index in [1.807, 2.05) is 13.0 Å². The number of rotatable bonds is 6. The van der Waals surface area contributed by atoms with E-state index in [0.29, 0.717) is 30.0 Å². The number of benzene rings is 1. The lowest BCUT2D eigenvalue weighted by molar-refractivity contribution is 0.0535. The lowest BCUT2D eigenvalue weighted by atomic mass is 10.0. The number of ether oxygens (including phenoxy) is 1. The summed E-state index contributed by atoms with van der Waals surface area (Å²) >= 11 is 6.18. The number of hydrogen-bond acceptors (Lipinski definition) is 5. The summed E-state index contributed by atoms with van der Waals surface area (Å²) in [6.45, 7) is 11.4. The van der Waals surface area contributed by atoms with Gasteiger partial charge in [-0.15, -0.1) is 0 Å². The minimum absolute atomic E-state index is 0.00288. The number of hydrogen-bond donors (Lipinski definition) is 2. The molecule has 130 valence electrons. The van der Waals surface area contributed by atoms with Crippen LogP contribution in [0, 0.1) is 0 Å². The van der Waals surface area contributed by atoms with E-state index in [1.165, 1.54) is 0 Å². The van der Waals surface area contributed by atoms with Crippen LogP contribution in [0.1, 0.15) is 32.4 Å². The summed E-state index contributed by atoms with van der Waals surface area (Å²) in [7, 11) is 0. The molecule has 1 aliphatic rings. The van der Waals surface area contributed by atoms with Crippen LogP contribution >= 0.6 is 11.6 Å². The smallest absolute Gasteiger partial charge is 0.176 e. The Labute approximate surface area is 144 Å². The molecule has 0 saturated carbocycles. The van der Waals surface area contributed by atoms with Gasteiger partial charge in [0, 0.05) is 38.3 Å². The largest absolute Gasteiger partial charge is 0.503 e. The molecule has 23 heavy (non-hydrogen) atoms. The maximum atomic E-state index is 10.0. The topological polar surface area (TPSA) is 62.0 Å². The average molecular weight is 342 g/mol. The van der Waals surface area contributed by atoms with Gasteiger partial charge in [0.25, 0.3) is 0 Å². The summed E-state index contributed by atoms with van der Waals surface area (Å²) in [6.07, 6.45) is 0. The SMILES string of the molecule is CCOc1cc(C(CN)N2CCN(CC)CC2C)cc(Cl)c1O. The van der Waals surface area contributed by atoms with Gasteiger partial charge in [-0.3, -0.25) is 4.90 Å². The van der Waals surface area contributed by atoms with Crippen molar-refractivity contribution in [3.63, 3.8) is 0 Å². The van der Waals surface area contributed by atoms with Crippen LogP contribution in [-0.4, -0.2) is 60.3 Å². The van der Waals surface area contributed by atoms with Crippen molar-refractivity contribution in [2.45, 2.75) is 32.9 Å². The molecule has 2 unspecified atom stereocenters. The number of halogens is 1. The first-order valence-corrected chi connectivity index (χ1v) is 8.72. The van der Waals surface area contributed by atoms with Gasteiger partial charge < -0.3 is 20.5 Å².